The van der Waals surface area contributed by atoms with E-state index in [9.17, 15) is 4.79 Å². The number of carbonyl (C=O) groups is 1. The van der Waals surface area contributed by atoms with Gasteiger partial charge >= 0.3 is 6.03 Å². The molecule has 1 aliphatic rings. The summed E-state index contributed by atoms with van der Waals surface area (Å²) in [6.45, 7) is 0.590. The van der Waals surface area contributed by atoms with Crippen LogP contribution in [0.15, 0.2) is 48.7 Å². The molecule has 3 rings (SSSR count). The predicted molar refractivity (Wildman–Crippen MR) is 83.4 cm³/mol. The number of pyridine rings is 1. The van der Waals surface area contributed by atoms with E-state index in [1.54, 1.807) is 12.3 Å². The van der Waals surface area contributed by atoms with Crippen molar-refractivity contribution in [3.8, 4) is 0 Å². The maximum atomic E-state index is 11.8. The van der Waals surface area contributed by atoms with Crippen LogP contribution in [0.2, 0.25) is 0 Å². The number of fused-ring (bicyclic) bond motifs is 1. The van der Waals surface area contributed by atoms with Gasteiger partial charge in [0.2, 0.25) is 0 Å². The minimum Gasteiger partial charge on any atom is -0.380 e. The molecule has 1 aromatic carbocycles. The highest BCUT2D eigenvalue weighted by Crippen LogP contribution is 2.23. The molecule has 0 saturated heterocycles. The zero-order chi connectivity index (χ0) is 14.5. The van der Waals surface area contributed by atoms with Crippen LogP contribution in [0.4, 0.5) is 16.3 Å². The molecule has 2 heterocycles. The molecule has 108 valence electrons. The lowest BCUT2D eigenvalue weighted by Crippen LogP contribution is -2.40. The van der Waals surface area contributed by atoms with Crippen molar-refractivity contribution in [3.63, 3.8) is 0 Å². The van der Waals surface area contributed by atoms with Gasteiger partial charge in [-0.25, -0.2) is 9.78 Å². The van der Waals surface area contributed by atoms with E-state index in [0.717, 1.165) is 12.8 Å². The third-order valence-electron chi connectivity index (χ3n) is 3.55. The van der Waals surface area contributed by atoms with Crippen LogP contribution < -0.4 is 16.0 Å². The lowest BCUT2D eigenvalue weighted by atomic mass is 9.98. The van der Waals surface area contributed by atoms with Gasteiger partial charge in [0.15, 0.2) is 0 Å². The highest BCUT2D eigenvalue weighted by atomic mass is 16.2. The quantitative estimate of drug-likeness (QED) is 0.810. The second kappa shape index (κ2) is 6.26. The molecule has 0 aliphatic carbocycles. The van der Waals surface area contributed by atoms with Crippen molar-refractivity contribution >= 4 is 17.5 Å². The van der Waals surface area contributed by atoms with Gasteiger partial charge in [0.25, 0.3) is 0 Å². The highest BCUT2D eigenvalue weighted by molar-refractivity contribution is 5.88. The van der Waals surface area contributed by atoms with Gasteiger partial charge in [-0.3, -0.25) is 5.32 Å². The van der Waals surface area contributed by atoms with E-state index in [0.29, 0.717) is 12.4 Å². The summed E-state index contributed by atoms with van der Waals surface area (Å²) in [6, 6.07) is 13.7. The third kappa shape index (κ3) is 3.51. The van der Waals surface area contributed by atoms with Crippen molar-refractivity contribution < 1.29 is 4.79 Å². The Hall–Kier alpha value is -2.56. The highest BCUT2D eigenvalue weighted by Gasteiger charge is 2.17. The first-order valence-corrected chi connectivity index (χ1v) is 7.11. The molecule has 0 spiro atoms. The number of carbonyl (C=O) groups excluding carboxylic acids is 1. The number of anilines is 2. The molecular weight excluding hydrogens is 264 g/mol. The molecule has 1 atom stereocenters. The summed E-state index contributed by atoms with van der Waals surface area (Å²) < 4.78 is 0. The van der Waals surface area contributed by atoms with Crippen molar-refractivity contribution in [2.45, 2.75) is 18.9 Å². The number of benzene rings is 1. The Morgan fingerprint density at radius 1 is 1.24 bits per heavy atom. The number of hydrogen-bond acceptors (Lipinski definition) is 3. The maximum absolute atomic E-state index is 11.8. The smallest absolute Gasteiger partial charge is 0.320 e. The van der Waals surface area contributed by atoms with Gasteiger partial charge < -0.3 is 10.6 Å². The van der Waals surface area contributed by atoms with Crippen LogP contribution in [0.1, 0.15) is 12.0 Å². The van der Waals surface area contributed by atoms with E-state index in [-0.39, 0.29) is 12.1 Å². The molecule has 0 radical (unpaired) electrons. The summed E-state index contributed by atoms with van der Waals surface area (Å²) in [6.07, 6.45) is 3.70. The molecule has 0 bridgehead atoms. The second-order valence-electron chi connectivity index (χ2n) is 5.09. The minimum atomic E-state index is -0.227. The monoisotopic (exact) mass is 282 g/mol. The van der Waals surface area contributed by atoms with Gasteiger partial charge in [0.05, 0.1) is 0 Å². The number of aryl methyl sites for hydroxylation is 1. The molecule has 3 N–H and O–H groups in total. The van der Waals surface area contributed by atoms with Crippen LogP contribution in [0.5, 0.6) is 0 Å². The fourth-order valence-electron chi connectivity index (χ4n) is 2.47. The van der Waals surface area contributed by atoms with Gasteiger partial charge in [-0.2, -0.15) is 0 Å². The number of rotatable bonds is 3. The summed E-state index contributed by atoms with van der Waals surface area (Å²) in [7, 11) is 0. The topological polar surface area (TPSA) is 66.1 Å². The van der Waals surface area contributed by atoms with E-state index in [1.807, 2.05) is 18.2 Å². The Balaban J connectivity index is 1.49. The number of nitrogens with zero attached hydrogens (tertiary/aromatic N) is 1. The van der Waals surface area contributed by atoms with E-state index in [2.05, 4.69) is 39.1 Å². The van der Waals surface area contributed by atoms with Gasteiger partial charge in [-0.05, 0) is 36.6 Å². The number of urea groups is 1. The first-order chi connectivity index (χ1) is 10.3. The average molecular weight is 282 g/mol. The van der Waals surface area contributed by atoms with E-state index >= 15 is 0 Å². The van der Waals surface area contributed by atoms with Crippen LogP contribution in [0.25, 0.3) is 0 Å². The number of nitrogens with one attached hydrogen (secondary N) is 3. The van der Waals surface area contributed by atoms with Crippen molar-refractivity contribution in [1.29, 1.82) is 0 Å². The van der Waals surface area contributed by atoms with Crippen LogP contribution >= 0.6 is 0 Å². The molecule has 5 heteroatoms. The van der Waals surface area contributed by atoms with Gasteiger partial charge in [-0.1, -0.05) is 24.3 Å². The van der Waals surface area contributed by atoms with Gasteiger partial charge in [0.1, 0.15) is 5.82 Å². The normalized spacial score (nSPS) is 16.5. The second-order valence-corrected chi connectivity index (χ2v) is 5.09. The Morgan fingerprint density at radius 3 is 2.95 bits per heavy atom. The molecule has 2 aromatic rings. The number of aromatic nitrogens is 1. The Kier molecular flexibility index (Phi) is 4.00. The molecular formula is C16H18N4O. The van der Waals surface area contributed by atoms with Crippen LogP contribution in [0, 0.1) is 0 Å². The lowest BCUT2D eigenvalue weighted by molar-refractivity contribution is 0.251. The summed E-state index contributed by atoms with van der Waals surface area (Å²) >= 11 is 0. The molecule has 1 aliphatic heterocycles. The summed E-state index contributed by atoms with van der Waals surface area (Å²) in [4.78, 5) is 15.9. The van der Waals surface area contributed by atoms with Crippen molar-refractivity contribution in [2.24, 2.45) is 0 Å². The van der Waals surface area contributed by atoms with Gasteiger partial charge in [-0.15, -0.1) is 0 Å². The van der Waals surface area contributed by atoms with E-state index in [1.165, 1.54) is 11.3 Å². The molecule has 0 saturated carbocycles. The van der Waals surface area contributed by atoms with Crippen molar-refractivity contribution in [1.82, 2.24) is 10.3 Å². The number of para-hydroxylation sites is 1. The van der Waals surface area contributed by atoms with Crippen LogP contribution in [-0.2, 0) is 6.42 Å². The van der Waals surface area contributed by atoms with Crippen LogP contribution in [0.3, 0.4) is 0 Å². The first kappa shape index (κ1) is 13.4. The van der Waals surface area contributed by atoms with E-state index < -0.39 is 0 Å². The number of amides is 2. The standard InChI is InChI=1S/C16H18N4O/c21-16(20-15-7-3-4-10-17-15)18-11-13-9-8-12-5-1-2-6-14(12)19-13/h1-7,10,13,19H,8-9,11H2,(H2,17,18,20,21)/t13-/m0/s1. The third-order valence-corrected chi connectivity index (χ3v) is 3.55. The number of hydrogen-bond donors (Lipinski definition) is 3. The summed E-state index contributed by atoms with van der Waals surface area (Å²) in [5, 5.41) is 9.05. The van der Waals surface area contributed by atoms with E-state index in [4.69, 9.17) is 0 Å². The summed E-state index contributed by atoms with van der Waals surface area (Å²) in [5.41, 5.74) is 2.51. The Bertz CT molecular complexity index is 615. The largest absolute Gasteiger partial charge is 0.380 e. The van der Waals surface area contributed by atoms with Crippen molar-refractivity contribution in [2.75, 3.05) is 17.2 Å². The maximum Gasteiger partial charge on any atom is 0.320 e. The van der Waals surface area contributed by atoms with Crippen molar-refractivity contribution in [3.05, 3.63) is 54.2 Å². The fraction of sp³-hybridized carbons (Fsp3) is 0.250. The predicted octanol–water partition coefficient (Wildman–Crippen LogP) is 2.63. The average Bonchev–Trinajstić information content (AvgIpc) is 2.54. The molecule has 1 aromatic heterocycles. The minimum absolute atomic E-state index is 0.227. The fourth-order valence-corrected chi connectivity index (χ4v) is 2.47. The first-order valence-electron chi connectivity index (χ1n) is 7.11. The molecule has 0 fully saturated rings. The zero-order valence-corrected chi connectivity index (χ0v) is 11.7. The molecule has 5 nitrogen and oxygen atoms in total. The molecule has 0 unspecified atom stereocenters. The molecule has 21 heavy (non-hydrogen) atoms. The molecule has 2 amide bonds. The summed E-state index contributed by atoms with van der Waals surface area (Å²) in [5.74, 6) is 0.553. The SMILES string of the molecule is O=C(NC[C@@H]1CCc2ccccc2N1)Nc1ccccn1. The zero-order valence-electron chi connectivity index (χ0n) is 11.7. The lowest BCUT2D eigenvalue weighted by Gasteiger charge is -2.27. The Morgan fingerprint density at radius 2 is 2.10 bits per heavy atom. The van der Waals surface area contributed by atoms with Gasteiger partial charge in [0, 0.05) is 24.5 Å². The Labute approximate surface area is 123 Å². The van der Waals surface area contributed by atoms with Crippen LogP contribution in [-0.4, -0.2) is 23.6 Å².